The lowest BCUT2D eigenvalue weighted by Gasteiger charge is -2.18. The molecule has 0 nitrogen and oxygen atoms in total. The fraction of sp³-hybridized carbons (Fsp3) is 0.750. The Kier molecular flexibility index (Phi) is 38.4. The first-order valence-corrected chi connectivity index (χ1v) is 14.2. The van der Waals surface area contributed by atoms with Crippen molar-refractivity contribution in [1.29, 1.82) is 0 Å². The van der Waals surface area contributed by atoms with Crippen LogP contribution in [0, 0.1) is 5.92 Å². The average Bonchev–Trinajstić information content (AvgIpc) is 2.82. The summed E-state index contributed by atoms with van der Waals surface area (Å²) in [5, 5.41) is 0. The third kappa shape index (κ3) is 31.1. The summed E-state index contributed by atoms with van der Waals surface area (Å²) >= 11 is 0. The summed E-state index contributed by atoms with van der Waals surface area (Å²) in [6, 6.07) is 0. The standard InChI is InChI=1S/C16H32.C8H16.C8H14/c1-5-9-11-13-15(7-3)16(8-4)14-12-10-6-2;2*1-3-5-7-8-6-4-2/h13,16H,5-12,14H2,1-4H3;3H,1,4-8H2,2H3;3,5,7H,1,4,6,8H2,2H3/b15-13-;;. The molecule has 0 aliphatic heterocycles. The molecule has 0 bridgehead atoms. The minimum atomic E-state index is 0.869. The summed E-state index contributed by atoms with van der Waals surface area (Å²) in [7, 11) is 0. The Hall–Kier alpha value is -1.04. The van der Waals surface area contributed by atoms with Crippen molar-refractivity contribution in [2.24, 2.45) is 5.92 Å². The van der Waals surface area contributed by atoms with Crippen LogP contribution in [0.15, 0.2) is 49.1 Å². The molecule has 0 aromatic rings. The second-order valence-corrected chi connectivity index (χ2v) is 8.82. The van der Waals surface area contributed by atoms with Gasteiger partial charge in [0, 0.05) is 0 Å². The van der Waals surface area contributed by atoms with E-state index in [1.165, 1.54) is 109 Å². The van der Waals surface area contributed by atoms with Crippen LogP contribution in [-0.4, -0.2) is 0 Å². The molecule has 0 rings (SSSR count). The average molecular weight is 447 g/mol. The first kappa shape index (κ1) is 35.5. The number of hydrogen-bond acceptors (Lipinski definition) is 0. The van der Waals surface area contributed by atoms with E-state index in [1.807, 2.05) is 18.2 Å². The second kappa shape index (κ2) is 34.6. The van der Waals surface area contributed by atoms with Crippen LogP contribution in [0.4, 0.5) is 0 Å². The Morgan fingerprint density at radius 3 is 1.75 bits per heavy atom. The lowest BCUT2D eigenvalue weighted by molar-refractivity contribution is 0.492. The molecule has 0 aromatic heterocycles. The maximum atomic E-state index is 3.66. The molecule has 0 radical (unpaired) electrons. The molecule has 0 heteroatoms. The SMILES string of the molecule is C=CC=CCCCC.C=CCCCCCC.CCCC/C=C(/CC)C(CC)CCCCC. The predicted molar refractivity (Wildman–Crippen MR) is 154 cm³/mol. The van der Waals surface area contributed by atoms with Crippen molar-refractivity contribution in [3.05, 3.63) is 49.1 Å². The summed E-state index contributed by atoms with van der Waals surface area (Å²) in [5.41, 5.74) is 1.73. The zero-order valence-corrected chi connectivity index (χ0v) is 23.4. The van der Waals surface area contributed by atoms with Crippen LogP contribution >= 0.6 is 0 Å². The van der Waals surface area contributed by atoms with Crippen molar-refractivity contribution in [1.82, 2.24) is 0 Å². The highest BCUT2D eigenvalue weighted by Gasteiger charge is 2.09. The van der Waals surface area contributed by atoms with E-state index < -0.39 is 0 Å². The molecule has 0 heterocycles. The van der Waals surface area contributed by atoms with E-state index in [0.717, 1.165) is 5.92 Å². The normalized spacial score (nSPS) is 11.9. The van der Waals surface area contributed by atoms with E-state index in [0.29, 0.717) is 0 Å². The van der Waals surface area contributed by atoms with E-state index in [1.54, 1.807) is 5.57 Å². The quantitative estimate of drug-likeness (QED) is 0.105. The zero-order valence-electron chi connectivity index (χ0n) is 23.4. The summed E-state index contributed by atoms with van der Waals surface area (Å²) < 4.78 is 0. The Balaban J connectivity index is -0.000000441. The van der Waals surface area contributed by atoms with Crippen LogP contribution in [0.1, 0.15) is 151 Å². The van der Waals surface area contributed by atoms with Gasteiger partial charge in [-0.2, -0.15) is 0 Å². The molecule has 1 unspecified atom stereocenters. The fourth-order valence-electron chi connectivity index (χ4n) is 3.61. The Labute approximate surface area is 205 Å². The van der Waals surface area contributed by atoms with E-state index in [2.05, 4.69) is 66.9 Å². The Morgan fingerprint density at radius 1 is 0.656 bits per heavy atom. The molecule has 0 fully saturated rings. The largest absolute Gasteiger partial charge is 0.103 e. The Morgan fingerprint density at radius 2 is 1.25 bits per heavy atom. The predicted octanol–water partition coefficient (Wildman–Crippen LogP) is 12.2. The maximum absolute atomic E-state index is 3.66. The van der Waals surface area contributed by atoms with Gasteiger partial charge in [-0.25, -0.2) is 0 Å². The van der Waals surface area contributed by atoms with Crippen molar-refractivity contribution >= 4 is 0 Å². The van der Waals surface area contributed by atoms with Gasteiger partial charge < -0.3 is 0 Å². The molecule has 0 saturated carbocycles. The summed E-state index contributed by atoms with van der Waals surface area (Å²) in [4.78, 5) is 0. The summed E-state index contributed by atoms with van der Waals surface area (Å²) in [6.45, 7) is 20.9. The number of rotatable bonds is 19. The molecule has 190 valence electrons. The molecule has 0 aromatic carbocycles. The first-order chi connectivity index (χ1) is 15.6. The van der Waals surface area contributed by atoms with Crippen molar-refractivity contribution in [2.75, 3.05) is 0 Å². The smallest absolute Gasteiger partial charge is 0.0206 e. The first-order valence-electron chi connectivity index (χ1n) is 14.2. The minimum absolute atomic E-state index is 0.869. The molecule has 0 N–H and O–H groups in total. The van der Waals surface area contributed by atoms with E-state index in [9.17, 15) is 0 Å². The molecular weight excluding hydrogens is 384 g/mol. The molecule has 0 aliphatic rings. The van der Waals surface area contributed by atoms with Gasteiger partial charge in [-0.1, -0.05) is 148 Å². The Bertz CT molecular complexity index is 398. The molecule has 0 saturated heterocycles. The number of unbranched alkanes of at least 4 members (excludes halogenated alkanes) is 10. The molecule has 0 spiro atoms. The van der Waals surface area contributed by atoms with Crippen molar-refractivity contribution in [3.63, 3.8) is 0 Å². The van der Waals surface area contributed by atoms with Crippen LogP contribution in [0.5, 0.6) is 0 Å². The van der Waals surface area contributed by atoms with E-state index >= 15 is 0 Å². The molecule has 32 heavy (non-hydrogen) atoms. The maximum Gasteiger partial charge on any atom is -0.0206 e. The number of allylic oxidation sites excluding steroid dienone is 6. The van der Waals surface area contributed by atoms with Crippen LogP contribution < -0.4 is 0 Å². The fourth-order valence-corrected chi connectivity index (χ4v) is 3.61. The van der Waals surface area contributed by atoms with E-state index in [4.69, 9.17) is 0 Å². The highest BCUT2D eigenvalue weighted by Crippen LogP contribution is 2.25. The number of hydrogen-bond donors (Lipinski definition) is 0. The molecule has 0 aliphatic carbocycles. The van der Waals surface area contributed by atoms with Gasteiger partial charge in [0.15, 0.2) is 0 Å². The summed E-state index contributed by atoms with van der Waals surface area (Å²) in [5.74, 6) is 0.869. The monoisotopic (exact) mass is 446 g/mol. The van der Waals surface area contributed by atoms with Gasteiger partial charge in [0.2, 0.25) is 0 Å². The van der Waals surface area contributed by atoms with Gasteiger partial charge in [-0.15, -0.1) is 6.58 Å². The molecular formula is C32H62. The highest BCUT2D eigenvalue weighted by molar-refractivity contribution is 5.06. The lowest BCUT2D eigenvalue weighted by atomic mass is 9.88. The van der Waals surface area contributed by atoms with Gasteiger partial charge in [0.05, 0.1) is 0 Å². The molecule has 1 atom stereocenters. The second-order valence-electron chi connectivity index (χ2n) is 8.82. The van der Waals surface area contributed by atoms with Crippen LogP contribution in [0.25, 0.3) is 0 Å². The topological polar surface area (TPSA) is 0 Å². The van der Waals surface area contributed by atoms with Gasteiger partial charge in [0.25, 0.3) is 0 Å². The van der Waals surface area contributed by atoms with Crippen LogP contribution in [-0.2, 0) is 0 Å². The highest BCUT2D eigenvalue weighted by atomic mass is 14.2. The van der Waals surface area contributed by atoms with E-state index in [-0.39, 0.29) is 0 Å². The van der Waals surface area contributed by atoms with Gasteiger partial charge in [-0.3, -0.25) is 0 Å². The van der Waals surface area contributed by atoms with Crippen LogP contribution in [0.2, 0.25) is 0 Å². The zero-order chi connectivity index (χ0) is 24.7. The van der Waals surface area contributed by atoms with Gasteiger partial charge >= 0.3 is 0 Å². The third-order valence-electron chi connectivity index (χ3n) is 5.80. The molecule has 0 amide bonds. The van der Waals surface area contributed by atoms with Crippen molar-refractivity contribution in [3.8, 4) is 0 Å². The van der Waals surface area contributed by atoms with Gasteiger partial charge in [0.1, 0.15) is 0 Å². The van der Waals surface area contributed by atoms with Crippen molar-refractivity contribution in [2.45, 2.75) is 151 Å². The van der Waals surface area contributed by atoms with Gasteiger partial charge in [-0.05, 0) is 50.9 Å². The lowest BCUT2D eigenvalue weighted by Crippen LogP contribution is -2.03. The van der Waals surface area contributed by atoms with Crippen molar-refractivity contribution < 1.29 is 0 Å². The third-order valence-corrected chi connectivity index (χ3v) is 5.80. The minimum Gasteiger partial charge on any atom is -0.103 e. The summed E-state index contributed by atoms with van der Waals surface area (Å²) in [6.07, 6.45) is 33.0. The van der Waals surface area contributed by atoms with Crippen LogP contribution in [0.3, 0.4) is 0 Å².